The van der Waals surface area contributed by atoms with Crippen LogP contribution in [-0.4, -0.2) is 50.7 Å². The summed E-state index contributed by atoms with van der Waals surface area (Å²) >= 11 is 0. The van der Waals surface area contributed by atoms with Crippen LogP contribution in [0.5, 0.6) is 11.5 Å². The molecule has 0 saturated carbocycles. The van der Waals surface area contributed by atoms with Crippen molar-refractivity contribution >= 4 is 17.5 Å². The minimum Gasteiger partial charge on any atom is -0.454 e. The summed E-state index contributed by atoms with van der Waals surface area (Å²) in [5.74, 6) is 0.251. The highest BCUT2D eigenvalue weighted by molar-refractivity contribution is 6.00. The number of amides is 2. The third kappa shape index (κ3) is 4.09. The Morgan fingerprint density at radius 3 is 2.67 bits per heavy atom. The van der Waals surface area contributed by atoms with E-state index in [1.165, 1.54) is 12.1 Å². The Bertz CT molecular complexity index is 948. The van der Waals surface area contributed by atoms with Crippen LogP contribution >= 0.6 is 0 Å². The predicted octanol–water partition coefficient (Wildman–Crippen LogP) is 2.33. The van der Waals surface area contributed by atoms with Crippen molar-refractivity contribution in [1.29, 1.82) is 0 Å². The van der Waals surface area contributed by atoms with Gasteiger partial charge in [0.25, 0.3) is 0 Å². The molecule has 2 aromatic rings. The van der Waals surface area contributed by atoms with E-state index in [1.807, 2.05) is 19.0 Å². The second-order valence-corrected chi connectivity index (χ2v) is 7.72. The fourth-order valence-electron chi connectivity index (χ4n) is 3.81. The molecule has 1 fully saturated rings. The standard InChI is InChI=1S/C22H24FN3O4/c1-25(2)18(14-3-5-16(23)6-4-14)11-24-22(28)15-9-21(27)26(12-15)17-7-8-19-20(10-17)30-13-29-19/h3-8,10,15,18H,9,11-13H2,1-2H3,(H,24,28). The molecule has 2 unspecified atom stereocenters. The molecule has 2 atom stereocenters. The zero-order valence-electron chi connectivity index (χ0n) is 16.9. The first-order valence-corrected chi connectivity index (χ1v) is 9.82. The van der Waals surface area contributed by atoms with Crippen LogP contribution in [0.1, 0.15) is 18.0 Å². The highest BCUT2D eigenvalue weighted by Gasteiger charge is 2.36. The Kier molecular flexibility index (Phi) is 5.59. The summed E-state index contributed by atoms with van der Waals surface area (Å²) in [7, 11) is 3.81. The number of carbonyl (C=O) groups excluding carboxylic acids is 2. The van der Waals surface area contributed by atoms with Gasteiger partial charge in [0.1, 0.15) is 5.82 Å². The van der Waals surface area contributed by atoms with Crippen molar-refractivity contribution in [3.05, 3.63) is 53.8 Å². The maximum atomic E-state index is 13.2. The van der Waals surface area contributed by atoms with Crippen molar-refractivity contribution < 1.29 is 23.5 Å². The Morgan fingerprint density at radius 2 is 1.93 bits per heavy atom. The molecular formula is C22H24FN3O4. The summed E-state index contributed by atoms with van der Waals surface area (Å²) in [6.07, 6.45) is 0.156. The fraction of sp³-hybridized carbons (Fsp3) is 0.364. The van der Waals surface area contributed by atoms with Crippen molar-refractivity contribution in [1.82, 2.24) is 10.2 Å². The Balaban J connectivity index is 1.39. The molecule has 0 spiro atoms. The maximum Gasteiger partial charge on any atom is 0.231 e. The lowest BCUT2D eigenvalue weighted by Crippen LogP contribution is -2.38. The van der Waals surface area contributed by atoms with Gasteiger partial charge >= 0.3 is 0 Å². The van der Waals surface area contributed by atoms with Crippen LogP contribution in [0.3, 0.4) is 0 Å². The van der Waals surface area contributed by atoms with Gasteiger partial charge in [0.2, 0.25) is 18.6 Å². The molecule has 7 nitrogen and oxygen atoms in total. The summed E-state index contributed by atoms with van der Waals surface area (Å²) < 4.78 is 23.9. The van der Waals surface area contributed by atoms with Gasteiger partial charge in [-0.25, -0.2) is 4.39 Å². The first-order chi connectivity index (χ1) is 14.4. The molecule has 0 radical (unpaired) electrons. The number of hydrogen-bond acceptors (Lipinski definition) is 5. The highest BCUT2D eigenvalue weighted by atomic mass is 19.1. The van der Waals surface area contributed by atoms with Gasteiger partial charge in [-0.15, -0.1) is 0 Å². The average Bonchev–Trinajstić information content (AvgIpc) is 3.34. The number of nitrogens with one attached hydrogen (secondary N) is 1. The van der Waals surface area contributed by atoms with E-state index in [9.17, 15) is 14.0 Å². The van der Waals surface area contributed by atoms with E-state index >= 15 is 0 Å². The predicted molar refractivity (Wildman–Crippen MR) is 109 cm³/mol. The highest BCUT2D eigenvalue weighted by Crippen LogP contribution is 2.37. The number of benzene rings is 2. The van der Waals surface area contributed by atoms with E-state index in [4.69, 9.17) is 9.47 Å². The molecule has 4 rings (SSSR count). The van der Waals surface area contributed by atoms with E-state index in [0.29, 0.717) is 30.3 Å². The molecule has 1 saturated heterocycles. The van der Waals surface area contributed by atoms with Crippen LogP contribution < -0.4 is 19.7 Å². The van der Waals surface area contributed by atoms with Crippen LogP contribution in [0.2, 0.25) is 0 Å². The van der Waals surface area contributed by atoms with E-state index < -0.39 is 5.92 Å². The summed E-state index contributed by atoms with van der Waals surface area (Å²) in [5.41, 5.74) is 1.60. The van der Waals surface area contributed by atoms with E-state index in [0.717, 1.165) is 5.56 Å². The van der Waals surface area contributed by atoms with Crippen LogP contribution in [0, 0.1) is 11.7 Å². The molecule has 8 heteroatoms. The topological polar surface area (TPSA) is 71.1 Å². The number of anilines is 1. The van der Waals surface area contributed by atoms with Crippen molar-refractivity contribution in [3.8, 4) is 11.5 Å². The molecule has 1 N–H and O–H groups in total. The second-order valence-electron chi connectivity index (χ2n) is 7.72. The normalized spacial score (nSPS) is 18.7. The smallest absolute Gasteiger partial charge is 0.231 e. The molecule has 0 aromatic heterocycles. The van der Waals surface area contributed by atoms with Crippen molar-refractivity contribution in [2.24, 2.45) is 5.92 Å². The number of fused-ring (bicyclic) bond motifs is 1. The van der Waals surface area contributed by atoms with Gasteiger partial charge < -0.3 is 24.6 Å². The van der Waals surface area contributed by atoms with Crippen molar-refractivity contribution in [3.63, 3.8) is 0 Å². The van der Waals surface area contributed by atoms with Crippen LogP contribution in [0.15, 0.2) is 42.5 Å². The largest absolute Gasteiger partial charge is 0.454 e. The molecule has 2 amide bonds. The summed E-state index contributed by atoms with van der Waals surface area (Å²) in [5, 5.41) is 2.96. The number of rotatable bonds is 6. The first kappa shape index (κ1) is 20.2. The molecule has 2 aliphatic rings. The zero-order valence-corrected chi connectivity index (χ0v) is 16.9. The lowest BCUT2D eigenvalue weighted by molar-refractivity contribution is -0.126. The van der Waals surface area contributed by atoms with Crippen molar-refractivity contribution in [2.75, 3.05) is 38.9 Å². The van der Waals surface area contributed by atoms with Gasteiger partial charge in [-0.05, 0) is 43.9 Å². The fourth-order valence-corrected chi connectivity index (χ4v) is 3.81. The van der Waals surface area contributed by atoms with Gasteiger partial charge in [-0.2, -0.15) is 0 Å². The number of nitrogens with zero attached hydrogens (tertiary/aromatic N) is 2. The molecule has 0 bridgehead atoms. The minimum absolute atomic E-state index is 0.100. The Hall–Kier alpha value is -3.13. The summed E-state index contributed by atoms with van der Waals surface area (Å²) in [4.78, 5) is 28.8. The van der Waals surface area contributed by atoms with Gasteiger partial charge in [0, 0.05) is 31.3 Å². The summed E-state index contributed by atoms with van der Waals surface area (Å²) in [6, 6.07) is 11.5. The second kappa shape index (κ2) is 8.31. The Labute approximate surface area is 174 Å². The SMILES string of the molecule is CN(C)C(CNC(=O)C1CC(=O)N(c2ccc3c(c2)OCO3)C1)c1ccc(F)cc1. The number of halogens is 1. The monoisotopic (exact) mass is 413 g/mol. The number of carbonyl (C=O) groups is 2. The van der Waals surface area contributed by atoms with Gasteiger partial charge in [-0.1, -0.05) is 12.1 Å². The lowest BCUT2D eigenvalue weighted by atomic mass is 10.0. The van der Waals surface area contributed by atoms with Gasteiger partial charge in [0.15, 0.2) is 11.5 Å². The maximum absolute atomic E-state index is 13.2. The first-order valence-electron chi connectivity index (χ1n) is 9.82. The molecule has 158 valence electrons. The van der Waals surface area contributed by atoms with Crippen LogP contribution in [-0.2, 0) is 9.59 Å². The van der Waals surface area contributed by atoms with E-state index in [2.05, 4.69) is 5.32 Å². The summed E-state index contributed by atoms with van der Waals surface area (Å²) in [6.45, 7) is 0.846. The molecule has 30 heavy (non-hydrogen) atoms. The number of likely N-dealkylation sites (N-methyl/N-ethyl adjacent to an activating group) is 1. The molecule has 2 aliphatic heterocycles. The Morgan fingerprint density at radius 1 is 1.20 bits per heavy atom. The average molecular weight is 413 g/mol. The third-order valence-corrected chi connectivity index (χ3v) is 5.51. The molecule has 2 aromatic carbocycles. The van der Waals surface area contributed by atoms with Crippen LogP contribution in [0.25, 0.3) is 0 Å². The quantitative estimate of drug-likeness (QED) is 0.787. The molecule has 0 aliphatic carbocycles. The number of ether oxygens (including phenoxy) is 2. The van der Waals surface area contributed by atoms with Gasteiger partial charge in [0.05, 0.1) is 12.0 Å². The van der Waals surface area contributed by atoms with Gasteiger partial charge in [-0.3, -0.25) is 9.59 Å². The zero-order chi connectivity index (χ0) is 21.3. The molecule has 2 heterocycles. The van der Waals surface area contributed by atoms with Crippen molar-refractivity contribution in [2.45, 2.75) is 12.5 Å². The molecular weight excluding hydrogens is 389 g/mol. The minimum atomic E-state index is -0.432. The third-order valence-electron chi connectivity index (χ3n) is 5.51. The number of hydrogen-bond donors (Lipinski definition) is 1. The van der Waals surface area contributed by atoms with E-state index in [-0.39, 0.29) is 36.9 Å². The van der Waals surface area contributed by atoms with Crippen LogP contribution in [0.4, 0.5) is 10.1 Å². The lowest BCUT2D eigenvalue weighted by Gasteiger charge is -2.25. The van der Waals surface area contributed by atoms with E-state index in [1.54, 1.807) is 35.2 Å².